The molecule has 0 unspecified atom stereocenters. The molecule has 1 amide bonds. The molecule has 4 fully saturated rings. The third-order valence-corrected chi connectivity index (χ3v) is 21.2. The van der Waals surface area contributed by atoms with Gasteiger partial charge in [0.15, 0.2) is 36.2 Å². The summed E-state index contributed by atoms with van der Waals surface area (Å²) in [4.78, 5) is 59.8. The summed E-state index contributed by atoms with van der Waals surface area (Å²) in [5.74, 6) is 9.83. The minimum atomic E-state index is -1.91. The van der Waals surface area contributed by atoms with Crippen molar-refractivity contribution >= 4 is 78.9 Å². The lowest BCUT2D eigenvalue weighted by molar-refractivity contribution is -0.336. The maximum Gasteiger partial charge on any atom is 0.411 e. The SMILES string of the molecule is CC#C/C=C\C#C[C@H](O[C@@H]1O[C@H](C)[C@@H](NO[C@H]2C[C@H](O)[C@H](SC(=O)c3c(C)c(I)c(O[C@@H]4O[C@@H](C)[C@H](O)[C@@H](OC)[C@H]4O)c(OC)c3OC)[C@@H](C)O2)[C@H](O)[C@H]1O[C@H]1C[C@H](OC)[C@@H](NCC)CO1)C1=C(NC(=O)OC)C(=O)C[C@](C)(O)/C1=C/CSSC(C)(C)C(=O)O. The predicted molar refractivity (Wildman–Crippen MR) is 339 cm³/mol. The van der Waals surface area contributed by atoms with Crippen LogP contribution in [-0.4, -0.2) is 228 Å². The summed E-state index contributed by atoms with van der Waals surface area (Å²) in [5, 5.41) is 72.4. The molecule has 26 nitrogen and oxygen atoms in total. The van der Waals surface area contributed by atoms with Crippen LogP contribution in [0.4, 0.5) is 4.79 Å². The molecule has 9 N–H and O–H groups in total. The number of aliphatic carboxylic acids is 1. The molecule has 1 aromatic rings. The molecule has 1 aromatic carbocycles. The third kappa shape index (κ3) is 18.1. The Bertz CT molecular complexity index is 2900. The largest absolute Gasteiger partial charge is 0.492 e. The molecule has 4 heterocycles. The lowest BCUT2D eigenvalue weighted by atomic mass is 9.76. The topological polar surface area (TPSA) is 346 Å². The van der Waals surface area contributed by atoms with Gasteiger partial charge in [-0.25, -0.2) is 4.79 Å². The Kier molecular flexibility index (Phi) is 28.4. The van der Waals surface area contributed by atoms with Crippen molar-refractivity contribution in [2.24, 2.45) is 0 Å². The molecule has 4 saturated heterocycles. The van der Waals surface area contributed by atoms with Crippen molar-refractivity contribution in [1.82, 2.24) is 16.1 Å². The highest BCUT2D eigenvalue weighted by Crippen LogP contribution is 2.49. The van der Waals surface area contributed by atoms with Crippen molar-refractivity contribution < 1.29 is 111 Å². The fourth-order valence-corrected chi connectivity index (χ4v) is 14.6. The minimum absolute atomic E-state index is 0.0106. The Balaban J connectivity index is 1.28. The van der Waals surface area contributed by atoms with Crippen molar-refractivity contribution in [2.75, 3.05) is 54.5 Å². The number of ether oxygens (including phenoxy) is 12. The monoisotopic (exact) mass is 1440 g/mol. The van der Waals surface area contributed by atoms with Crippen LogP contribution in [0.2, 0.25) is 0 Å². The summed E-state index contributed by atoms with van der Waals surface area (Å²) < 4.78 is 71.4. The average molecular weight is 1440 g/mol. The number of carbonyl (C=O) groups excluding carboxylic acids is 3. The van der Waals surface area contributed by atoms with Gasteiger partial charge in [-0.05, 0) is 108 Å². The molecule has 4 aliphatic heterocycles. The molecule has 0 saturated carbocycles. The second kappa shape index (κ2) is 34.0. The van der Waals surface area contributed by atoms with Crippen LogP contribution in [0.3, 0.4) is 0 Å². The van der Waals surface area contributed by atoms with E-state index >= 15 is 0 Å². The Morgan fingerprint density at radius 3 is 2.20 bits per heavy atom. The lowest BCUT2D eigenvalue weighted by Crippen LogP contribution is -2.65. The number of carbonyl (C=O) groups is 4. The molecule has 5 aliphatic rings. The van der Waals surface area contributed by atoms with Gasteiger partial charge in [-0.2, -0.15) is 5.48 Å². The van der Waals surface area contributed by atoms with E-state index in [1.807, 2.05) is 29.5 Å². The van der Waals surface area contributed by atoms with Gasteiger partial charge in [-0.15, -0.1) is 5.92 Å². The molecule has 6 rings (SSSR count). The Morgan fingerprint density at radius 2 is 1.58 bits per heavy atom. The minimum Gasteiger partial charge on any atom is -0.492 e. The normalized spacial score (nSPS) is 33.1. The number of methoxy groups -OCH3 is 5. The zero-order chi connectivity index (χ0) is 66.5. The number of Topliss-reactive ketones (excluding diaryl/α,β-unsaturated/α-hetero) is 1. The maximum atomic E-state index is 14.5. The van der Waals surface area contributed by atoms with Gasteiger partial charge in [0.05, 0.1) is 96.2 Å². The quantitative estimate of drug-likeness (QED) is 0.0234. The van der Waals surface area contributed by atoms with Crippen molar-refractivity contribution in [2.45, 2.75) is 202 Å². The predicted octanol–water partition coefficient (Wildman–Crippen LogP) is 3.81. The number of nitrogens with one attached hydrogen (secondary N) is 3. The van der Waals surface area contributed by atoms with Gasteiger partial charge in [0.2, 0.25) is 17.2 Å². The zero-order valence-corrected chi connectivity index (χ0v) is 57.2. The Morgan fingerprint density at radius 1 is 0.889 bits per heavy atom. The van der Waals surface area contributed by atoms with Gasteiger partial charge in [-0.1, -0.05) is 64.1 Å². The summed E-state index contributed by atoms with van der Waals surface area (Å²) in [6.07, 6.45) is -14.7. The first kappa shape index (κ1) is 75.2. The summed E-state index contributed by atoms with van der Waals surface area (Å²) in [6.45, 7) is 15.4. The number of ketones is 1. The van der Waals surface area contributed by atoms with Crippen LogP contribution < -0.4 is 30.3 Å². The lowest BCUT2D eigenvalue weighted by Gasteiger charge is -2.46. The van der Waals surface area contributed by atoms with E-state index in [9.17, 15) is 49.8 Å². The van der Waals surface area contributed by atoms with Crippen molar-refractivity contribution in [3.05, 3.63) is 49.8 Å². The zero-order valence-electron chi connectivity index (χ0n) is 52.6. The van der Waals surface area contributed by atoms with Crippen LogP contribution in [0.25, 0.3) is 0 Å². The van der Waals surface area contributed by atoms with Gasteiger partial charge >= 0.3 is 12.1 Å². The van der Waals surface area contributed by atoms with E-state index < -0.39 is 143 Å². The number of hydroxylamine groups is 1. The number of halogens is 1. The first-order valence-electron chi connectivity index (χ1n) is 28.9. The second-order valence-corrected chi connectivity index (χ2v) is 27.5. The van der Waals surface area contributed by atoms with E-state index in [4.69, 9.17) is 61.7 Å². The number of alkyl carbamates (subject to hydrolysis) is 1. The van der Waals surface area contributed by atoms with E-state index in [1.165, 1.54) is 65.0 Å². The Labute approximate surface area is 550 Å². The van der Waals surface area contributed by atoms with Crippen LogP contribution in [-0.2, 0) is 57.1 Å². The number of benzene rings is 1. The molecule has 502 valence electrons. The number of carboxylic acids is 1. The van der Waals surface area contributed by atoms with Gasteiger partial charge in [0.1, 0.15) is 41.4 Å². The Hall–Kier alpha value is -3.82. The molecule has 0 radical (unpaired) electrons. The number of allylic oxidation sites excluding steroid dienone is 3. The first-order chi connectivity index (χ1) is 42.6. The van der Waals surface area contributed by atoms with E-state index in [0.717, 1.165) is 29.7 Å². The van der Waals surface area contributed by atoms with Crippen LogP contribution in [0.15, 0.2) is 35.1 Å². The van der Waals surface area contributed by atoms with Crippen LogP contribution in [0, 0.1) is 34.2 Å². The van der Waals surface area contributed by atoms with Crippen LogP contribution in [0.1, 0.15) is 90.6 Å². The highest BCUT2D eigenvalue weighted by Gasteiger charge is 2.52. The fourth-order valence-electron chi connectivity index (χ4n) is 10.6. The number of aliphatic hydroxyl groups excluding tert-OH is 4. The molecule has 0 spiro atoms. The van der Waals surface area contributed by atoms with Crippen molar-refractivity contribution in [1.29, 1.82) is 0 Å². The van der Waals surface area contributed by atoms with Crippen LogP contribution >= 0.6 is 55.9 Å². The molecule has 0 bridgehead atoms. The van der Waals surface area contributed by atoms with E-state index in [0.29, 0.717) is 15.7 Å². The number of aliphatic hydroxyl groups is 5. The standard InChI is InChI=1S/C60H84IN3O23S3/c1-15-17-18-19-20-21-36(41-32(22-23-88-90-59(7,8)57(71)72)60(9,74)26-35(66)44(41)63-58(73)79-14)84-56-51(85-38-25-37(75-10)33(27-80-38)62-16-2)46(68)43(29(4)82-56)64-87-39-24-34(65)53(31(6)81-39)89-54(70)40-28(3)42(61)49(52(78-13)48(40)76-11)86-55-47(69)50(77-12)45(67)30(5)83-55/h18-19,22,29-31,33-34,36-39,43,45-47,50-51,53,55-56,62,64-65,67-69,74H,16,23-27H2,1-14H3,(H,63,73)(H,71,72)/b19-18-,32-22+/t29-,30+,31-,33+,34+,36+,37+,38+,39+,43-,45+,46+,47-,50-,51-,53-,55+,56+,60+/m1/s1. The fraction of sp³-hybridized carbons (Fsp3) is 0.667. The number of amides is 1. The number of likely N-dealkylation sites (N-methyl/N-ethyl adjacent to an activating group) is 1. The van der Waals surface area contributed by atoms with Gasteiger partial charge < -0.3 is 92.8 Å². The molecule has 90 heavy (non-hydrogen) atoms. The summed E-state index contributed by atoms with van der Waals surface area (Å²) in [5.41, 5.74) is 1.18. The second-order valence-electron chi connectivity index (χ2n) is 22.3. The smallest absolute Gasteiger partial charge is 0.411 e. The molecule has 30 heteroatoms. The highest BCUT2D eigenvalue weighted by atomic mass is 127. The molecule has 0 aromatic heterocycles. The van der Waals surface area contributed by atoms with Gasteiger partial charge in [0, 0.05) is 44.8 Å². The number of hydrogen-bond acceptors (Lipinski definition) is 27. The number of rotatable bonds is 24. The molecular formula is C60H84IN3O23S3. The average Bonchev–Trinajstić information content (AvgIpc) is 0.808. The van der Waals surface area contributed by atoms with Gasteiger partial charge in [-0.3, -0.25) is 24.5 Å². The van der Waals surface area contributed by atoms with Crippen molar-refractivity contribution in [3.63, 3.8) is 0 Å². The van der Waals surface area contributed by atoms with Crippen molar-refractivity contribution in [3.8, 4) is 40.9 Å². The van der Waals surface area contributed by atoms with E-state index in [2.05, 4.69) is 39.8 Å². The van der Waals surface area contributed by atoms with E-state index in [1.54, 1.807) is 47.8 Å². The molecular weight excluding hydrogens is 1350 g/mol. The maximum absolute atomic E-state index is 14.5. The van der Waals surface area contributed by atoms with Crippen LogP contribution in [0.5, 0.6) is 17.2 Å². The third-order valence-electron chi connectivity index (χ3n) is 15.5. The first-order valence-corrected chi connectivity index (χ1v) is 33.2. The number of thioether (sulfide) groups is 1. The highest BCUT2D eigenvalue weighted by molar-refractivity contribution is 14.1. The number of carboxylic acid groups (broad SMARTS) is 1. The number of hydrogen-bond donors (Lipinski definition) is 9. The van der Waals surface area contributed by atoms with E-state index in [-0.39, 0.29) is 70.9 Å². The molecule has 19 atom stereocenters. The molecule has 1 aliphatic carbocycles. The van der Waals surface area contributed by atoms with Gasteiger partial charge in [0.25, 0.3) is 0 Å². The summed E-state index contributed by atoms with van der Waals surface area (Å²) in [7, 11) is 8.94. The summed E-state index contributed by atoms with van der Waals surface area (Å²) in [6, 6.07) is -1.36. The summed E-state index contributed by atoms with van der Waals surface area (Å²) >= 11 is 2.80.